The minimum Gasteiger partial charge on any atom is -0.458 e. The predicted molar refractivity (Wildman–Crippen MR) is 124 cm³/mol. The van der Waals surface area contributed by atoms with Gasteiger partial charge in [0.05, 0.1) is 5.56 Å². The quantitative estimate of drug-likeness (QED) is 0.185. The van der Waals surface area contributed by atoms with Crippen molar-refractivity contribution in [2.24, 2.45) is 0 Å². The molecule has 0 N–H and O–H groups in total. The third kappa shape index (κ3) is 6.22. The van der Waals surface area contributed by atoms with Gasteiger partial charge >= 0.3 is 5.97 Å². The van der Waals surface area contributed by atoms with Crippen molar-refractivity contribution >= 4 is 5.97 Å². The maximum absolute atomic E-state index is 12.2. The molecule has 0 heterocycles. The van der Waals surface area contributed by atoms with Crippen molar-refractivity contribution in [3.63, 3.8) is 0 Å². The lowest BCUT2D eigenvalue weighted by Gasteiger charge is -2.10. The Morgan fingerprint density at radius 1 is 0.531 bits per heavy atom. The van der Waals surface area contributed by atoms with Gasteiger partial charge in [0.2, 0.25) is 6.79 Å². The van der Waals surface area contributed by atoms with Gasteiger partial charge in [0.25, 0.3) is 0 Å². The number of para-hydroxylation sites is 1. The second kappa shape index (κ2) is 10.8. The molecule has 32 heavy (non-hydrogen) atoms. The largest absolute Gasteiger partial charge is 0.458 e. The summed E-state index contributed by atoms with van der Waals surface area (Å²) in [4.78, 5) is 12.2. The Bertz CT molecular complexity index is 1110. The number of hydrogen-bond acceptors (Lipinski definition) is 4. The van der Waals surface area contributed by atoms with Crippen molar-refractivity contribution in [1.29, 1.82) is 0 Å². The summed E-state index contributed by atoms with van der Waals surface area (Å²) >= 11 is 0. The first-order chi connectivity index (χ1) is 15.8. The summed E-state index contributed by atoms with van der Waals surface area (Å²) in [5.41, 5.74) is 3.05. The van der Waals surface area contributed by atoms with Gasteiger partial charge in [0.15, 0.2) is 0 Å². The maximum Gasteiger partial charge on any atom is 0.343 e. The first kappa shape index (κ1) is 21.2. The van der Waals surface area contributed by atoms with Gasteiger partial charge < -0.3 is 14.2 Å². The second-order valence-corrected chi connectivity index (χ2v) is 7.26. The normalized spacial score (nSPS) is 10.4. The summed E-state index contributed by atoms with van der Waals surface area (Å²) < 4.78 is 16.6. The van der Waals surface area contributed by atoms with Crippen molar-refractivity contribution in [3.05, 3.63) is 126 Å². The number of carbonyl (C=O) groups excluding carboxylic acids is 1. The molecule has 4 heteroatoms. The summed E-state index contributed by atoms with van der Waals surface area (Å²) in [6, 6.07) is 34.3. The van der Waals surface area contributed by atoms with E-state index in [1.165, 1.54) is 11.1 Å². The average molecular weight is 424 g/mol. The van der Waals surface area contributed by atoms with Crippen LogP contribution in [0.5, 0.6) is 17.2 Å². The number of rotatable bonds is 9. The molecule has 0 saturated heterocycles. The molecule has 0 fully saturated rings. The molecular formula is C28H24O4. The van der Waals surface area contributed by atoms with Gasteiger partial charge in [-0.15, -0.1) is 0 Å². The molecule has 160 valence electrons. The summed E-state index contributed by atoms with van der Waals surface area (Å²) in [5, 5.41) is 0. The van der Waals surface area contributed by atoms with Crippen LogP contribution in [-0.4, -0.2) is 12.8 Å². The van der Waals surface area contributed by atoms with Crippen LogP contribution < -0.4 is 14.2 Å². The molecule has 0 aromatic heterocycles. The van der Waals surface area contributed by atoms with Crippen molar-refractivity contribution in [3.8, 4) is 17.2 Å². The number of hydrogen-bond donors (Lipinski definition) is 0. The Morgan fingerprint density at radius 3 is 1.62 bits per heavy atom. The van der Waals surface area contributed by atoms with E-state index in [0.29, 0.717) is 17.1 Å². The zero-order valence-corrected chi connectivity index (χ0v) is 17.6. The van der Waals surface area contributed by atoms with Crippen LogP contribution >= 0.6 is 0 Å². The SMILES string of the molecule is O=C(Oc1ccccc1)c1ccc(OCOc2ccc(CCc3ccccc3)cc2)cc1. The van der Waals surface area contributed by atoms with Crippen molar-refractivity contribution in [2.45, 2.75) is 12.8 Å². The van der Waals surface area contributed by atoms with Crippen molar-refractivity contribution < 1.29 is 19.0 Å². The van der Waals surface area contributed by atoms with Gasteiger partial charge in [-0.25, -0.2) is 4.79 Å². The highest BCUT2D eigenvalue weighted by Crippen LogP contribution is 2.17. The standard InChI is InChI=1S/C28H24O4/c29-28(32-27-9-5-2-6-10-27)24-15-19-26(20-16-24)31-21-30-25-17-13-23(14-18-25)12-11-22-7-3-1-4-8-22/h1-10,13-20H,11-12,21H2. The fraction of sp³-hybridized carbons (Fsp3) is 0.107. The Hall–Kier alpha value is -4.05. The van der Waals surface area contributed by atoms with Crippen LogP contribution in [0.4, 0.5) is 0 Å². The molecule has 0 spiro atoms. The van der Waals surface area contributed by atoms with E-state index in [1.807, 2.05) is 36.4 Å². The van der Waals surface area contributed by atoms with E-state index in [2.05, 4.69) is 36.4 Å². The van der Waals surface area contributed by atoms with Crippen LogP contribution in [-0.2, 0) is 12.8 Å². The zero-order valence-electron chi connectivity index (χ0n) is 17.6. The van der Waals surface area contributed by atoms with E-state index in [-0.39, 0.29) is 6.79 Å². The molecular weight excluding hydrogens is 400 g/mol. The molecule has 0 radical (unpaired) electrons. The number of carbonyl (C=O) groups is 1. The molecule has 0 atom stereocenters. The van der Waals surface area contributed by atoms with Crippen molar-refractivity contribution in [1.82, 2.24) is 0 Å². The molecule has 0 aliphatic heterocycles. The number of esters is 1. The van der Waals surface area contributed by atoms with Gasteiger partial charge in [0.1, 0.15) is 17.2 Å². The molecule has 0 amide bonds. The summed E-state index contributed by atoms with van der Waals surface area (Å²) in [6.45, 7) is 0.0805. The topological polar surface area (TPSA) is 44.8 Å². The molecule has 4 aromatic rings. The first-order valence-electron chi connectivity index (χ1n) is 10.5. The Kier molecular flexibility index (Phi) is 7.17. The summed E-state index contributed by atoms with van der Waals surface area (Å²) in [6.07, 6.45) is 2.00. The fourth-order valence-electron chi connectivity index (χ4n) is 3.19. The molecule has 0 aliphatic rings. The zero-order chi connectivity index (χ0) is 22.0. The van der Waals surface area contributed by atoms with E-state index in [0.717, 1.165) is 18.6 Å². The van der Waals surface area contributed by atoms with Gasteiger partial charge in [-0.1, -0.05) is 60.7 Å². The Balaban J connectivity index is 1.21. The molecule has 4 rings (SSSR count). The van der Waals surface area contributed by atoms with Crippen LogP contribution in [0.1, 0.15) is 21.5 Å². The lowest BCUT2D eigenvalue weighted by Crippen LogP contribution is -2.09. The van der Waals surface area contributed by atoms with E-state index in [9.17, 15) is 4.79 Å². The summed E-state index contributed by atoms with van der Waals surface area (Å²) in [7, 11) is 0. The minimum atomic E-state index is -0.411. The maximum atomic E-state index is 12.2. The second-order valence-electron chi connectivity index (χ2n) is 7.26. The van der Waals surface area contributed by atoms with E-state index < -0.39 is 5.97 Å². The van der Waals surface area contributed by atoms with Crippen LogP contribution in [0, 0.1) is 0 Å². The number of ether oxygens (including phenoxy) is 3. The highest BCUT2D eigenvalue weighted by Gasteiger charge is 2.08. The molecule has 4 nitrogen and oxygen atoms in total. The highest BCUT2D eigenvalue weighted by molar-refractivity contribution is 5.91. The van der Waals surface area contributed by atoms with Crippen molar-refractivity contribution in [2.75, 3.05) is 6.79 Å². The molecule has 4 aromatic carbocycles. The van der Waals surface area contributed by atoms with E-state index in [1.54, 1.807) is 36.4 Å². The number of benzene rings is 4. The number of aryl methyl sites for hydroxylation is 2. The highest BCUT2D eigenvalue weighted by atomic mass is 16.7. The average Bonchev–Trinajstić information content (AvgIpc) is 2.85. The lowest BCUT2D eigenvalue weighted by atomic mass is 10.0. The van der Waals surface area contributed by atoms with Crippen LogP contribution in [0.25, 0.3) is 0 Å². The Labute approximate surface area is 188 Å². The molecule has 0 saturated carbocycles. The van der Waals surface area contributed by atoms with Crippen LogP contribution in [0.15, 0.2) is 109 Å². The van der Waals surface area contributed by atoms with E-state index >= 15 is 0 Å². The van der Waals surface area contributed by atoms with Crippen LogP contribution in [0.2, 0.25) is 0 Å². The van der Waals surface area contributed by atoms with Gasteiger partial charge in [-0.2, -0.15) is 0 Å². The Morgan fingerprint density at radius 2 is 1.03 bits per heavy atom. The molecule has 0 aliphatic carbocycles. The monoisotopic (exact) mass is 424 g/mol. The molecule has 0 bridgehead atoms. The van der Waals surface area contributed by atoms with Gasteiger partial charge in [-0.3, -0.25) is 0 Å². The van der Waals surface area contributed by atoms with Crippen LogP contribution in [0.3, 0.4) is 0 Å². The minimum absolute atomic E-state index is 0.0805. The lowest BCUT2D eigenvalue weighted by molar-refractivity contribution is 0.0734. The molecule has 0 unspecified atom stereocenters. The summed E-state index contributed by atoms with van der Waals surface area (Å²) in [5.74, 6) is 1.46. The predicted octanol–water partition coefficient (Wildman–Crippen LogP) is 6.11. The first-order valence-corrected chi connectivity index (χ1v) is 10.5. The smallest absolute Gasteiger partial charge is 0.343 e. The van der Waals surface area contributed by atoms with E-state index in [4.69, 9.17) is 14.2 Å². The van der Waals surface area contributed by atoms with Gasteiger partial charge in [0, 0.05) is 0 Å². The third-order valence-corrected chi connectivity index (χ3v) is 4.96. The third-order valence-electron chi connectivity index (χ3n) is 4.96. The fourth-order valence-corrected chi connectivity index (χ4v) is 3.19. The van der Waals surface area contributed by atoms with Gasteiger partial charge in [-0.05, 0) is 72.5 Å².